The fraction of sp³-hybridized carbons (Fsp3) is 0.118. The Balaban J connectivity index is 2.28. The molecule has 0 saturated carbocycles. The van der Waals surface area contributed by atoms with Gasteiger partial charge in [0.2, 0.25) is 0 Å². The largest absolute Gasteiger partial charge is 0.464 e. The number of allylic oxidation sites excluding steroid dienone is 1. The predicted molar refractivity (Wildman–Crippen MR) is 80.2 cm³/mol. The second kappa shape index (κ2) is 3.97. The van der Waals surface area contributed by atoms with Crippen molar-refractivity contribution in [1.29, 1.82) is 0 Å². The van der Waals surface area contributed by atoms with Crippen LogP contribution in [0.4, 0.5) is 4.79 Å². The lowest BCUT2D eigenvalue weighted by Gasteiger charge is -2.12. The van der Waals surface area contributed by atoms with Gasteiger partial charge in [-0.25, -0.2) is 9.36 Å². The topological polar surface area (TPSA) is 42.2 Å². The van der Waals surface area contributed by atoms with Gasteiger partial charge in [0.15, 0.2) is 0 Å². The lowest BCUT2D eigenvalue weighted by molar-refractivity contribution is 0.198. The summed E-state index contributed by atoms with van der Waals surface area (Å²) >= 11 is 0. The molecule has 1 heterocycles. The molecule has 0 aliphatic heterocycles. The number of aryl methyl sites for hydroxylation is 1. The highest BCUT2D eigenvalue weighted by atomic mass is 16.4. The van der Waals surface area contributed by atoms with Crippen molar-refractivity contribution in [2.45, 2.75) is 12.8 Å². The number of carbonyl (C=O) groups is 1. The molecule has 0 amide bonds. The van der Waals surface area contributed by atoms with Crippen LogP contribution in [-0.2, 0) is 6.42 Å². The second-order valence-corrected chi connectivity index (χ2v) is 5.10. The molecule has 3 aromatic rings. The smallest absolute Gasteiger partial charge is 0.416 e. The van der Waals surface area contributed by atoms with Crippen molar-refractivity contribution in [3.8, 4) is 0 Å². The van der Waals surface area contributed by atoms with Gasteiger partial charge in [-0.15, -0.1) is 0 Å². The maximum absolute atomic E-state index is 11.6. The van der Waals surface area contributed by atoms with Crippen molar-refractivity contribution in [2.75, 3.05) is 0 Å². The first-order chi connectivity index (χ1) is 9.77. The van der Waals surface area contributed by atoms with E-state index in [1.165, 1.54) is 15.7 Å². The van der Waals surface area contributed by atoms with Crippen LogP contribution in [0.5, 0.6) is 0 Å². The van der Waals surface area contributed by atoms with Gasteiger partial charge in [0, 0.05) is 10.8 Å². The molecular weight excluding hydrogens is 250 g/mol. The van der Waals surface area contributed by atoms with E-state index in [1.54, 1.807) is 0 Å². The summed E-state index contributed by atoms with van der Waals surface area (Å²) in [4.78, 5) is 11.6. The van der Waals surface area contributed by atoms with E-state index in [0.29, 0.717) is 0 Å². The molecule has 0 radical (unpaired) electrons. The van der Waals surface area contributed by atoms with Crippen LogP contribution in [0.15, 0.2) is 42.5 Å². The summed E-state index contributed by atoms with van der Waals surface area (Å²) in [6, 6.07) is 11.7. The monoisotopic (exact) mass is 263 g/mol. The Hall–Kier alpha value is -2.55. The van der Waals surface area contributed by atoms with Crippen LogP contribution in [0.25, 0.3) is 27.9 Å². The minimum atomic E-state index is -0.928. The van der Waals surface area contributed by atoms with E-state index in [2.05, 4.69) is 12.2 Å². The van der Waals surface area contributed by atoms with Crippen molar-refractivity contribution in [3.63, 3.8) is 0 Å². The van der Waals surface area contributed by atoms with Gasteiger partial charge >= 0.3 is 6.09 Å². The number of hydrogen-bond donors (Lipinski definition) is 1. The Morgan fingerprint density at radius 2 is 1.95 bits per heavy atom. The van der Waals surface area contributed by atoms with Gasteiger partial charge in [-0.2, -0.15) is 0 Å². The molecule has 0 saturated heterocycles. The summed E-state index contributed by atoms with van der Waals surface area (Å²) in [5.74, 6) is 0. The van der Waals surface area contributed by atoms with Gasteiger partial charge in [-0.05, 0) is 36.1 Å². The minimum Gasteiger partial charge on any atom is -0.464 e. The zero-order valence-corrected chi connectivity index (χ0v) is 10.8. The number of hydrogen-bond acceptors (Lipinski definition) is 1. The van der Waals surface area contributed by atoms with Crippen molar-refractivity contribution in [3.05, 3.63) is 53.6 Å². The van der Waals surface area contributed by atoms with Crippen LogP contribution in [0.2, 0.25) is 0 Å². The Bertz CT molecular complexity index is 887. The second-order valence-electron chi connectivity index (χ2n) is 5.10. The molecule has 1 N–H and O–H groups in total. The van der Waals surface area contributed by atoms with E-state index in [4.69, 9.17) is 0 Å². The molecule has 0 unspecified atom stereocenters. The van der Waals surface area contributed by atoms with Gasteiger partial charge < -0.3 is 5.11 Å². The molecule has 0 bridgehead atoms. The Morgan fingerprint density at radius 3 is 2.80 bits per heavy atom. The van der Waals surface area contributed by atoms with Crippen molar-refractivity contribution >= 4 is 34.0 Å². The van der Waals surface area contributed by atoms with E-state index in [1.807, 2.05) is 36.4 Å². The predicted octanol–water partition coefficient (Wildman–Crippen LogP) is 4.28. The first-order valence-electron chi connectivity index (χ1n) is 6.72. The summed E-state index contributed by atoms with van der Waals surface area (Å²) in [5, 5.41) is 11.6. The van der Waals surface area contributed by atoms with Crippen LogP contribution in [0.3, 0.4) is 0 Å². The highest BCUT2D eigenvalue weighted by Crippen LogP contribution is 2.35. The van der Waals surface area contributed by atoms with Crippen LogP contribution < -0.4 is 0 Å². The maximum atomic E-state index is 11.6. The molecule has 0 fully saturated rings. The summed E-state index contributed by atoms with van der Waals surface area (Å²) in [6.07, 6.45) is 5.35. The number of nitrogens with zero attached hydrogens (tertiary/aromatic N) is 1. The van der Waals surface area contributed by atoms with E-state index in [9.17, 15) is 9.90 Å². The fourth-order valence-electron chi connectivity index (χ4n) is 3.22. The fourth-order valence-corrected chi connectivity index (χ4v) is 3.22. The van der Waals surface area contributed by atoms with Crippen LogP contribution >= 0.6 is 0 Å². The van der Waals surface area contributed by atoms with Crippen LogP contribution in [0.1, 0.15) is 17.5 Å². The summed E-state index contributed by atoms with van der Waals surface area (Å²) in [6.45, 7) is 0. The van der Waals surface area contributed by atoms with Crippen LogP contribution in [-0.4, -0.2) is 15.8 Å². The average molecular weight is 263 g/mol. The molecule has 98 valence electrons. The minimum absolute atomic E-state index is 0.762. The summed E-state index contributed by atoms with van der Waals surface area (Å²) < 4.78 is 1.39. The number of rotatable bonds is 0. The van der Waals surface area contributed by atoms with Gasteiger partial charge in [-0.1, -0.05) is 36.4 Å². The average Bonchev–Trinajstić information content (AvgIpc) is 2.82. The summed E-state index contributed by atoms with van der Waals surface area (Å²) in [7, 11) is 0. The van der Waals surface area contributed by atoms with Crippen molar-refractivity contribution < 1.29 is 9.90 Å². The molecule has 0 spiro atoms. The summed E-state index contributed by atoms with van der Waals surface area (Å²) in [5.41, 5.74) is 4.02. The number of fused-ring (bicyclic) bond motifs is 5. The molecule has 2 aromatic carbocycles. The Labute approximate surface area is 115 Å². The quantitative estimate of drug-likeness (QED) is 0.657. The van der Waals surface area contributed by atoms with E-state index >= 15 is 0 Å². The van der Waals surface area contributed by atoms with Gasteiger partial charge in [0.25, 0.3) is 0 Å². The first kappa shape index (κ1) is 11.3. The SMILES string of the molecule is O=C(O)n1c2ccccc2c2c3c(ccc21)C=CCC3. The lowest BCUT2D eigenvalue weighted by atomic mass is 9.93. The van der Waals surface area contributed by atoms with Gasteiger partial charge in [0.05, 0.1) is 11.0 Å². The third-order valence-corrected chi connectivity index (χ3v) is 4.03. The molecule has 20 heavy (non-hydrogen) atoms. The highest BCUT2D eigenvalue weighted by molar-refractivity contribution is 6.14. The number of carboxylic acid groups (broad SMARTS) is 1. The van der Waals surface area contributed by atoms with E-state index in [0.717, 1.165) is 34.6 Å². The highest BCUT2D eigenvalue weighted by Gasteiger charge is 2.19. The zero-order chi connectivity index (χ0) is 13.7. The number of aromatic nitrogens is 1. The third kappa shape index (κ3) is 1.37. The molecule has 1 aliphatic carbocycles. The molecule has 3 nitrogen and oxygen atoms in total. The van der Waals surface area contributed by atoms with Crippen LogP contribution in [0, 0.1) is 0 Å². The van der Waals surface area contributed by atoms with Gasteiger partial charge in [-0.3, -0.25) is 0 Å². The van der Waals surface area contributed by atoms with E-state index in [-0.39, 0.29) is 0 Å². The van der Waals surface area contributed by atoms with Gasteiger partial charge in [0.1, 0.15) is 0 Å². The molecule has 1 aliphatic rings. The van der Waals surface area contributed by atoms with Crippen molar-refractivity contribution in [2.24, 2.45) is 0 Å². The number of benzene rings is 2. The Morgan fingerprint density at radius 1 is 1.10 bits per heavy atom. The lowest BCUT2D eigenvalue weighted by Crippen LogP contribution is -2.07. The van der Waals surface area contributed by atoms with Crippen molar-refractivity contribution in [1.82, 2.24) is 4.57 Å². The number of para-hydroxylation sites is 1. The molecule has 1 aromatic heterocycles. The Kier molecular flexibility index (Phi) is 2.24. The van der Waals surface area contributed by atoms with E-state index < -0.39 is 6.09 Å². The molecule has 3 heteroatoms. The third-order valence-electron chi connectivity index (χ3n) is 4.03. The molecular formula is C17H13NO2. The first-order valence-corrected chi connectivity index (χ1v) is 6.72. The molecule has 4 rings (SSSR count). The zero-order valence-electron chi connectivity index (χ0n) is 10.8. The standard InChI is InChI=1S/C17H13NO2/c19-17(20)18-14-8-4-3-7-13(14)16-12-6-2-1-5-11(12)9-10-15(16)18/h1,3-5,7-10H,2,6H2,(H,19,20). The molecule has 0 atom stereocenters. The maximum Gasteiger partial charge on any atom is 0.416 e. The normalized spacial score (nSPS) is 13.8.